The van der Waals surface area contributed by atoms with Gasteiger partial charge in [0.25, 0.3) is 5.91 Å². The van der Waals surface area contributed by atoms with E-state index in [0.717, 1.165) is 0 Å². The van der Waals surface area contributed by atoms with Gasteiger partial charge in [-0.15, -0.1) is 0 Å². The van der Waals surface area contributed by atoms with Gasteiger partial charge in [-0.25, -0.2) is 4.79 Å². The molecule has 3 N–H and O–H groups in total. The van der Waals surface area contributed by atoms with Crippen LogP contribution in [0.4, 0.5) is 11.4 Å². The normalized spacial score (nSPS) is 17.0. The van der Waals surface area contributed by atoms with Crippen LogP contribution < -0.4 is 5.73 Å². The zero-order valence-corrected chi connectivity index (χ0v) is 15.6. The summed E-state index contributed by atoms with van der Waals surface area (Å²) < 4.78 is 73.7. The first-order valence-electron chi connectivity index (χ1n) is 13.0. The summed E-state index contributed by atoms with van der Waals surface area (Å²) >= 11 is 0. The lowest BCUT2D eigenvalue weighted by molar-refractivity contribution is -0.386. The highest BCUT2D eigenvalue weighted by Crippen LogP contribution is 2.24. The minimum Gasteiger partial charge on any atom is -0.476 e. The topological polar surface area (TPSA) is 202 Å². The van der Waals surface area contributed by atoms with Gasteiger partial charge in [0.1, 0.15) is 11.4 Å². The summed E-state index contributed by atoms with van der Waals surface area (Å²) in [5.41, 5.74) is -0.821. The maximum atomic E-state index is 11.3. The third-order valence-corrected chi connectivity index (χ3v) is 3.21. The third kappa shape index (κ3) is 5.15. The fourth-order valence-electron chi connectivity index (χ4n) is 2.15. The number of carboxylic acid groups (broad SMARTS) is 1. The van der Waals surface area contributed by atoms with E-state index in [0.29, 0.717) is 0 Å². The molecule has 14 nitrogen and oxygen atoms in total. The molecule has 0 radical (unpaired) electrons. The highest BCUT2D eigenvalue weighted by Gasteiger charge is 2.30. The van der Waals surface area contributed by atoms with Crippen molar-refractivity contribution < 1.29 is 38.2 Å². The minimum absolute atomic E-state index is 0.00368. The fraction of sp³-hybridized carbons (Fsp3) is 0.500. The highest BCUT2D eigenvalue weighted by atomic mass is 16.6. The van der Waals surface area contributed by atoms with E-state index in [4.69, 9.17) is 24.5 Å². The Labute approximate surface area is 184 Å². The standard InChI is InChI=1S/C8H12N4O3.C8H11N3O4/c1-3-4-5-6(12(14)15)7(8(9)13)11(2)10-5;1-3-4-5-6(11(14)15)7(8(12)13)10(2)9-5/h3-4H2,1-2H3,(H2,9,13);3-4H2,1-2H3,(H,12,13)/i2*2D3,4D2. The molecule has 0 aliphatic carbocycles. The number of nitrogens with two attached hydrogens (primary N) is 1. The van der Waals surface area contributed by atoms with E-state index in [1.165, 1.54) is 13.8 Å². The zero-order valence-electron chi connectivity index (χ0n) is 25.6. The SMILES string of the molecule is [2H]C([2H])(CC)c1nn(C([2H])([2H])[2H])c(C(=O)O)c1[N+](=O)[O-].[2H]C([2H])(CC)c1nn(C([2H])([2H])[2H])c(C(N)=O)c1[N+](=O)[O-]. The number of aryl methyl sites for hydroxylation is 4. The fourth-order valence-corrected chi connectivity index (χ4v) is 2.15. The number of nitro groups is 2. The van der Waals surface area contributed by atoms with E-state index in [1.54, 1.807) is 0 Å². The van der Waals surface area contributed by atoms with Gasteiger partial charge in [-0.3, -0.25) is 34.4 Å². The molecule has 2 heterocycles. The Morgan fingerprint density at radius 1 is 1.03 bits per heavy atom. The van der Waals surface area contributed by atoms with Crippen LogP contribution in [0, 0.1) is 20.2 Å². The molecule has 0 aliphatic rings. The van der Waals surface area contributed by atoms with Crippen LogP contribution in [0.1, 0.15) is 72.8 Å². The summed E-state index contributed by atoms with van der Waals surface area (Å²) in [6, 6.07) is 0. The Morgan fingerprint density at radius 3 is 1.73 bits per heavy atom. The van der Waals surface area contributed by atoms with Gasteiger partial charge in [-0.1, -0.05) is 26.7 Å². The molecule has 0 fully saturated rings. The second-order valence-corrected chi connectivity index (χ2v) is 5.16. The van der Waals surface area contributed by atoms with E-state index < -0.39 is 82.6 Å². The number of nitrogens with zero attached hydrogens (tertiary/aromatic N) is 6. The summed E-state index contributed by atoms with van der Waals surface area (Å²) in [5.74, 6) is -3.23. The number of hydrogen-bond acceptors (Lipinski definition) is 8. The van der Waals surface area contributed by atoms with E-state index in [9.17, 15) is 29.8 Å². The Hall–Kier alpha value is -3.84. The molecule has 0 aromatic carbocycles. The van der Waals surface area contributed by atoms with Crippen LogP contribution in [-0.2, 0) is 26.7 Å². The molecule has 14 heteroatoms. The molecule has 0 aliphatic heterocycles. The Bertz CT molecular complexity index is 1230. The number of carbonyl (C=O) groups is 2. The summed E-state index contributed by atoms with van der Waals surface area (Å²) in [4.78, 5) is 42.2. The molecule has 164 valence electrons. The van der Waals surface area contributed by atoms with Gasteiger partial charge in [0.05, 0.1) is 9.85 Å². The molecule has 2 aromatic rings. The van der Waals surface area contributed by atoms with Crippen molar-refractivity contribution in [2.45, 2.75) is 39.4 Å². The van der Waals surface area contributed by atoms with Crippen molar-refractivity contribution in [2.75, 3.05) is 0 Å². The maximum Gasteiger partial charge on any atom is 0.361 e. The molecular formula is C16H23N7O7. The van der Waals surface area contributed by atoms with E-state index in [2.05, 4.69) is 10.2 Å². The zero-order chi connectivity index (χ0) is 31.8. The summed E-state index contributed by atoms with van der Waals surface area (Å²) in [5, 5.41) is 37.7. The number of carbonyl (C=O) groups excluding carboxylic acids is 1. The van der Waals surface area contributed by atoms with Crippen LogP contribution in [0.5, 0.6) is 0 Å². The van der Waals surface area contributed by atoms with E-state index in [1.807, 2.05) is 0 Å². The largest absolute Gasteiger partial charge is 0.476 e. The molecule has 0 unspecified atom stereocenters. The lowest BCUT2D eigenvalue weighted by Crippen LogP contribution is -2.17. The Kier molecular flexibility index (Phi) is 4.26. The quantitative estimate of drug-likeness (QED) is 0.453. The van der Waals surface area contributed by atoms with Crippen molar-refractivity contribution >= 4 is 23.3 Å². The lowest BCUT2D eigenvalue weighted by atomic mass is 10.2. The van der Waals surface area contributed by atoms with Gasteiger partial charge in [0.2, 0.25) is 11.4 Å². The van der Waals surface area contributed by atoms with Crippen molar-refractivity contribution in [1.29, 1.82) is 0 Å². The highest BCUT2D eigenvalue weighted by molar-refractivity contribution is 5.95. The number of amides is 1. The molecule has 0 bridgehead atoms. The monoisotopic (exact) mass is 435 g/mol. The Morgan fingerprint density at radius 2 is 1.43 bits per heavy atom. The maximum absolute atomic E-state index is 11.3. The van der Waals surface area contributed by atoms with Crippen LogP contribution in [0.2, 0.25) is 0 Å². The molecule has 2 rings (SSSR count). The molecular weight excluding hydrogens is 402 g/mol. The predicted molar refractivity (Wildman–Crippen MR) is 103 cm³/mol. The summed E-state index contributed by atoms with van der Waals surface area (Å²) in [6.45, 7) is -3.28. The minimum atomic E-state index is -3.07. The number of primary amides is 1. The molecule has 0 saturated heterocycles. The second-order valence-electron chi connectivity index (χ2n) is 5.16. The Balaban J connectivity index is 0.000000400. The van der Waals surface area contributed by atoms with Crippen molar-refractivity contribution in [3.05, 3.63) is 43.0 Å². The second kappa shape index (κ2) is 10.1. The van der Waals surface area contributed by atoms with Gasteiger partial charge < -0.3 is 10.8 Å². The summed E-state index contributed by atoms with van der Waals surface area (Å²) in [7, 11) is 0. The third-order valence-electron chi connectivity index (χ3n) is 3.21. The first-order valence-corrected chi connectivity index (χ1v) is 7.96. The van der Waals surface area contributed by atoms with E-state index in [-0.39, 0.29) is 22.2 Å². The van der Waals surface area contributed by atoms with Crippen molar-refractivity contribution in [2.24, 2.45) is 19.7 Å². The van der Waals surface area contributed by atoms with Crippen LogP contribution in [0.15, 0.2) is 0 Å². The number of rotatable bonds is 8. The number of hydrogen-bond donors (Lipinski definition) is 2. The molecule has 0 saturated carbocycles. The van der Waals surface area contributed by atoms with Crippen molar-refractivity contribution in [3.63, 3.8) is 0 Å². The average Bonchev–Trinajstić information content (AvgIpc) is 3.40. The first kappa shape index (κ1) is 12.7. The van der Waals surface area contributed by atoms with Crippen molar-refractivity contribution in [3.8, 4) is 0 Å². The number of aromatic nitrogens is 4. The molecule has 1 amide bonds. The van der Waals surface area contributed by atoms with Gasteiger partial charge in [0, 0.05) is 27.7 Å². The summed E-state index contributed by atoms with van der Waals surface area (Å²) in [6.07, 6.45) is -5.00. The number of aromatic carboxylic acids is 1. The molecule has 0 spiro atoms. The lowest BCUT2D eigenvalue weighted by Gasteiger charge is -1.94. The number of carboxylic acids is 1. The first-order chi connectivity index (χ1) is 17.9. The molecule has 0 atom stereocenters. The van der Waals surface area contributed by atoms with Crippen LogP contribution >= 0.6 is 0 Å². The average molecular weight is 435 g/mol. The van der Waals surface area contributed by atoms with Gasteiger partial charge >= 0.3 is 17.3 Å². The van der Waals surface area contributed by atoms with Gasteiger partial charge in [-0.05, 0) is 12.7 Å². The van der Waals surface area contributed by atoms with Crippen molar-refractivity contribution in [1.82, 2.24) is 19.6 Å². The van der Waals surface area contributed by atoms with Crippen LogP contribution in [-0.4, -0.2) is 46.4 Å². The predicted octanol–water partition coefficient (Wildman–Crippen LogP) is 1.36. The van der Waals surface area contributed by atoms with E-state index >= 15 is 0 Å². The smallest absolute Gasteiger partial charge is 0.361 e. The van der Waals surface area contributed by atoms with Crippen LogP contribution in [0.3, 0.4) is 0 Å². The van der Waals surface area contributed by atoms with Gasteiger partial charge in [0.15, 0.2) is 0 Å². The van der Waals surface area contributed by atoms with Gasteiger partial charge in [-0.2, -0.15) is 10.2 Å². The van der Waals surface area contributed by atoms with Crippen LogP contribution in [0.25, 0.3) is 0 Å². The molecule has 30 heavy (non-hydrogen) atoms. The molecule has 2 aromatic heterocycles.